The molecule has 0 aliphatic rings. The number of nitriles is 1. The third kappa shape index (κ3) is 3.09. The molecular weight excluding hydrogens is 202 g/mol. The molecule has 0 fully saturated rings. The van der Waals surface area contributed by atoms with Gasteiger partial charge in [0.25, 0.3) is 0 Å². The van der Waals surface area contributed by atoms with Crippen molar-refractivity contribution in [2.24, 2.45) is 0 Å². The first-order valence-electron chi connectivity index (χ1n) is 5.06. The predicted octanol–water partition coefficient (Wildman–Crippen LogP) is 1.57. The maximum Gasteiger partial charge on any atom is 0.133 e. The van der Waals surface area contributed by atoms with E-state index < -0.39 is 5.54 Å². The molecule has 5 nitrogen and oxygen atoms in total. The lowest BCUT2D eigenvalue weighted by molar-refractivity contribution is 0.721. The number of aromatic nitrogens is 2. The topological polar surface area (TPSA) is 64.8 Å². The second-order valence-corrected chi connectivity index (χ2v) is 4.41. The van der Waals surface area contributed by atoms with Crippen LogP contribution in [0.2, 0.25) is 0 Å². The van der Waals surface area contributed by atoms with Gasteiger partial charge in [0.1, 0.15) is 23.0 Å². The van der Waals surface area contributed by atoms with E-state index in [2.05, 4.69) is 21.4 Å². The van der Waals surface area contributed by atoms with E-state index >= 15 is 0 Å². The van der Waals surface area contributed by atoms with E-state index in [-0.39, 0.29) is 0 Å². The van der Waals surface area contributed by atoms with Gasteiger partial charge in [-0.15, -0.1) is 0 Å². The van der Waals surface area contributed by atoms with E-state index in [1.807, 2.05) is 32.0 Å². The monoisotopic (exact) mass is 219 g/mol. The van der Waals surface area contributed by atoms with Crippen LogP contribution in [0.5, 0.6) is 0 Å². The molecule has 0 aliphatic heterocycles. The molecule has 0 bridgehead atoms. The first-order chi connectivity index (χ1) is 7.34. The number of hydrogen-bond acceptors (Lipinski definition) is 5. The fraction of sp³-hybridized carbons (Fsp3) is 0.545. The molecule has 0 saturated heterocycles. The van der Waals surface area contributed by atoms with Crippen LogP contribution in [0.25, 0.3) is 0 Å². The Balaban J connectivity index is 3.03. The molecule has 0 amide bonds. The van der Waals surface area contributed by atoms with Gasteiger partial charge >= 0.3 is 0 Å². The van der Waals surface area contributed by atoms with Crippen LogP contribution < -0.4 is 10.2 Å². The highest BCUT2D eigenvalue weighted by molar-refractivity contribution is 5.50. The summed E-state index contributed by atoms with van der Waals surface area (Å²) in [6.07, 6.45) is 0. The van der Waals surface area contributed by atoms with Crippen LogP contribution in [0, 0.1) is 18.3 Å². The first kappa shape index (κ1) is 12.2. The zero-order valence-electron chi connectivity index (χ0n) is 10.4. The number of aryl methyl sites for hydroxylation is 1. The van der Waals surface area contributed by atoms with Crippen LogP contribution in [0.15, 0.2) is 6.07 Å². The minimum absolute atomic E-state index is 0.635. The van der Waals surface area contributed by atoms with Crippen LogP contribution in [0.3, 0.4) is 0 Å². The van der Waals surface area contributed by atoms with Crippen LogP contribution in [-0.2, 0) is 0 Å². The van der Waals surface area contributed by atoms with E-state index in [0.717, 1.165) is 5.82 Å². The van der Waals surface area contributed by atoms with Gasteiger partial charge in [0.2, 0.25) is 0 Å². The Morgan fingerprint density at radius 3 is 2.50 bits per heavy atom. The Kier molecular flexibility index (Phi) is 3.33. The highest BCUT2D eigenvalue weighted by Gasteiger charge is 2.17. The standard InChI is InChI=1S/C11H17N5/c1-8-13-9(15-11(2,3)7-12)6-10(14-8)16(4)5/h6H,1-5H3,(H,13,14,15). The average molecular weight is 219 g/mol. The van der Waals surface area contributed by atoms with Crippen LogP contribution in [0.4, 0.5) is 11.6 Å². The third-order valence-electron chi connectivity index (χ3n) is 2.00. The average Bonchev–Trinajstić information content (AvgIpc) is 2.16. The molecular formula is C11H17N5. The maximum absolute atomic E-state index is 8.94. The minimum atomic E-state index is -0.635. The summed E-state index contributed by atoms with van der Waals surface area (Å²) in [7, 11) is 3.84. The van der Waals surface area contributed by atoms with Crippen LogP contribution in [0.1, 0.15) is 19.7 Å². The van der Waals surface area contributed by atoms with E-state index in [9.17, 15) is 0 Å². The Bertz CT molecular complexity index is 417. The summed E-state index contributed by atoms with van der Waals surface area (Å²) in [5.74, 6) is 2.17. The number of anilines is 2. The molecule has 0 aromatic carbocycles. The lowest BCUT2D eigenvalue weighted by atomic mass is 10.1. The molecule has 86 valence electrons. The quantitative estimate of drug-likeness (QED) is 0.835. The molecule has 0 spiro atoms. The molecule has 1 rings (SSSR count). The molecule has 1 N–H and O–H groups in total. The summed E-state index contributed by atoms with van der Waals surface area (Å²) in [5.41, 5.74) is -0.635. The second kappa shape index (κ2) is 4.35. The highest BCUT2D eigenvalue weighted by atomic mass is 15.2. The molecule has 0 saturated carbocycles. The van der Waals surface area contributed by atoms with Crippen molar-refractivity contribution >= 4 is 11.6 Å². The van der Waals surface area contributed by atoms with E-state index in [4.69, 9.17) is 5.26 Å². The van der Waals surface area contributed by atoms with Crippen LogP contribution >= 0.6 is 0 Å². The van der Waals surface area contributed by atoms with Crippen molar-refractivity contribution in [3.8, 4) is 6.07 Å². The van der Waals surface area contributed by atoms with Crippen molar-refractivity contribution in [3.63, 3.8) is 0 Å². The first-order valence-corrected chi connectivity index (χ1v) is 5.06. The maximum atomic E-state index is 8.94. The third-order valence-corrected chi connectivity index (χ3v) is 2.00. The summed E-state index contributed by atoms with van der Waals surface area (Å²) >= 11 is 0. The van der Waals surface area contributed by atoms with Gasteiger partial charge in [-0.2, -0.15) is 5.26 Å². The summed E-state index contributed by atoms with van der Waals surface area (Å²) < 4.78 is 0. The Morgan fingerprint density at radius 1 is 1.38 bits per heavy atom. The van der Waals surface area contributed by atoms with Gasteiger partial charge in [-0.1, -0.05) is 0 Å². The molecule has 16 heavy (non-hydrogen) atoms. The van der Waals surface area contributed by atoms with Crippen molar-refractivity contribution in [2.75, 3.05) is 24.3 Å². The van der Waals surface area contributed by atoms with Crippen LogP contribution in [-0.4, -0.2) is 29.6 Å². The van der Waals surface area contributed by atoms with Gasteiger partial charge in [0.15, 0.2) is 0 Å². The number of nitrogens with one attached hydrogen (secondary N) is 1. The second-order valence-electron chi connectivity index (χ2n) is 4.41. The fourth-order valence-corrected chi connectivity index (χ4v) is 1.19. The SMILES string of the molecule is Cc1nc(NC(C)(C)C#N)cc(N(C)C)n1. The fourth-order valence-electron chi connectivity index (χ4n) is 1.19. The number of nitrogens with zero attached hydrogens (tertiary/aromatic N) is 4. The van der Waals surface area contributed by atoms with E-state index in [1.165, 1.54) is 0 Å². The normalized spacial score (nSPS) is 10.8. The molecule has 1 aromatic rings. The molecule has 0 unspecified atom stereocenters. The number of rotatable bonds is 3. The van der Waals surface area contributed by atoms with Gasteiger partial charge < -0.3 is 10.2 Å². The zero-order chi connectivity index (χ0) is 12.3. The lowest BCUT2D eigenvalue weighted by Crippen LogP contribution is -2.29. The van der Waals surface area contributed by atoms with Crippen molar-refractivity contribution in [1.29, 1.82) is 5.26 Å². The van der Waals surface area contributed by atoms with Gasteiger partial charge in [-0.3, -0.25) is 0 Å². The Morgan fingerprint density at radius 2 is 2.00 bits per heavy atom. The summed E-state index contributed by atoms with van der Waals surface area (Å²) in [4.78, 5) is 10.4. The smallest absolute Gasteiger partial charge is 0.133 e. The van der Waals surface area contributed by atoms with Gasteiger partial charge in [-0.25, -0.2) is 9.97 Å². The van der Waals surface area contributed by atoms with Crippen molar-refractivity contribution in [1.82, 2.24) is 9.97 Å². The van der Waals surface area contributed by atoms with E-state index in [0.29, 0.717) is 11.6 Å². The summed E-state index contributed by atoms with van der Waals surface area (Å²) in [5, 5.41) is 12.0. The molecule has 1 aromatic heterocycles. The van der Waals surface area contributed by atoms with Crippen molar-refractivity contribution in [3.05, 3.63) is 11.9 Å². The largest absolute Gasteiger partial charge is 0.363 e. The predicted molar refractivity (Wildman–Crippen MR) is 64.4 cm³/mol. The summed E-state index contributed by atoms with van der Waals surface area (Å²) in [6, 6.07) is 4.00. The van der Waals surface area contributed by atoms with Gasteiger partial charge in [-0.05, 0) is 20.8 Å². The Hall–Kier alpha value is -1.83. The summed E-state index contributed by atoms with van der Waals surface area (Å²) in [6.45, 7) is 5.44. The highest BCUT2D eigenvalue weighted by Crippen LogP contribution is 2.17. The van der Waals surface area contributed by atoms with Crippen molar-refractivity contribution in [2.45, 2.75) is 26.3 Å². The molecule has 1 heterocycles. The van der Waals surface area contributed by atoms with Crippen molar-refractivity contribution < 1.29 is 0 Å². The zero-order valence-corrected chi connectivity index (χ0v) is 10.4. The Labute approximate surface area is 96.1 Å². The number of hydrogen-bond donors (Lipinski definition) is 1. The molecule has 5 heteroatoms. The molecule has 0 aliphatic carbocycles. The molecule has 0 radical (unpaired) electrons. The van der Waals surface area contributed by atoms with E-state index in [1.54, 1.807) is 13.8 Å². The minimum Gasteiger partial charge on any atom is -0.363 e. The molecule has 0 atom stereocenters. The lowest BCUT2D eigenvalue weighted by Gasteiger charge is -2.20. The van der Waals surface area contributed by atoms with Gasteiger partial charge in [0.05, 0.1) is 6.07 Å². The van der Waals surface area contributed by atoms with Gasteiger partial charge in [0, 0.05) is 20.2 Å².